The van der Waals surface area contributed by atoms with Gasteiger partial charge in [0.05, 0.1) is 10.6 Å². The van der Waals surface area contributed by atoms with Gasteiger partial charge in [-0.1, -0.05) is 26.0 Å². The first kappa shape index (κ1) is 20.3. The Morgan fingerprint density at radius 3 is 2.58 bits per heavy atom. The second-order valence-electron chi connectivity index (χ2n) is 6.53. The molecule has 5 heteroatoms. The number of anilines is 1. The minimum absolute atomic E-state index is 0.0590. The molecule has 1 unspecified atom stereocenters. The number of rotatable bonds is 8. The summed E-state index contributed by atoms with van der Waals surface area (Å²) in [7, 11) is 0. The van der Waals surface area contributed by atoms with Crippen LogP contribution in [0.4, 0.5) is 5.69 Å². The third-order valence-electron chi connectivity index (χ3n) is 3.99. The average Bonchev–Trinajstić information content (AvgIpc) is 2.59. The smallest absolute Gasteiger partial charge is 0.262 e. The maximum Gasteiger partial charge on any atom is 0.262 e. The molecule has 2 aromatic carbocycles. The lowest BCUT2D eigenvalue weighted by Crippen LogP contribution is -2.20. The number of halogens is 1. The van der Waals surface area contributed by atoms with Crippen molar-refractivity contribution in [2.24, 2.45) is 0 Å². The standard InChI is InChI=1S/C21H26BrNO3/c1-5-15(4)16-9-10-20(19(22)11-16)25-13-21(24)23-17-7-6-8-18(12-17)26-14(2)3/h6-12,14-15H,5,13H2,1-4H3,(H,23,24). The Kier molecular flexibility index (Phi) is 7.51. The summed E-state index contributed by atoms with van der Waals surface area (Å²) in [5.74, 6) is 1.65. The Labute approximate surface area is 164 Å². The first-order valence-electron chi connectivity index (χ1n) is 8.87. The Balaban J connectivity index is 1.93. The monoisotopic (exact) mass is 419 g/mol. The van der Waals surface area contributed by atoms with Crippen LogP contribution in [0.1, 0.15) is 45.6 Å². The number of ether oxygens (including phenoxy) is 2. The molecule has 0 aliphatic rings. The lowest BCUT2D eigenvalue weighted by atomic mass is 9.99. The number of nitrogens with one attached hydrogen (secondary N) is 1. The van der Waals surface area contributed by atoms with Crippen LogP contribution in [0.25, 0.3) is 0 Å². The average molecular weight is 420 g/mol. The molecular formula is C21H26BrNO3. The normalized spacial score (nSPS) is 11.9. The zero-order valence-corrected chi connectivity index (χ0v) is 17.3. The molecule has 0 spiro atoms. The lowest BCUT2D eigenvalue weighted by Gasteiger charge is -2.13. The Hall–Kier alpha value is -2.01. The van der Waals surface area contributed by atoms with Gasteiger partial charge in [-0.25, -0.2) is 0 Å². The largest absolute Gasteiger partial charge is 0.491 e. The zero-order valence-electron chi connectivity index (χ0n) is 15.7. The molecule has 1 atom stereocenters. The van der Waals surface area contributed by atoms with E-state index in [0.29, 0.717) is 17.4 Å². The molecule has 0 aliphatic heterocycles. The minimum atomic E-state index is -0.218. The third kappa shape index (κ3) is 6.06. The maximum atomic E-state index is 12.2. The van der Waals surface area contributed by atoms with Crippen molar-refractivity contribution in [2.45, 2.75) is 46.1 Å². The molecule has 26 heavy (non-hydrogen) atoms. The molecule has 0 fully saturated rings. The molecule has 0 heterocycles. The van der Waals surface area contributed by atoms with Crippen molar-refractivity contribution in [2.75, 3.05) is 11.9 Å². The summed E-state index contributed by atoms with van der Waals surface area (Å²) in [6, 6.07) is 13.3. The lowest BCUT2D eigenvalue weighted by molar-refractivity contribution is -0.118. The van der Waals surface area contributed by atoms with Crippen LogP contribution < -0.4 is 14.8 Å². The third-order valence-corrected chi connectivity index (χ3v) is 4.61. The van der Waals surface area contributed by atoms with Gasteiger partial charge in [-0.2, -0.15) is 0 Å². The van der Waals surface area contributed by atoms with Crippen molar-refractivity contribution in [3.05, 3.63) is 52.5 Å². The van der Waals surface area contributed by atoms with E-state index < -0.39 is 0 Å². The van der Waals surface area contributed by atoms with Crippen molar-refractivity contribution in [3.63, 3.8) is 0 Å². The van der Waals surface area contributed by atoms with Crippen molar-refractivity contribution in [3.8, 4) is 11.5 Å². The fraction of sp³-hybridized carbons (Fsp3) is 0.381. The molecule has 4 nitrogen and oxygen atoms in total. The summed E-state index contributed by atoms with van der Waals surface area (Å²) >= 11 is 3.52. The van der Waals surface area contributed by atoms with Gasteiger partial charge in [0.25, 0.3) is 5.91 Å². The summed E-state index contributed by atoms with van der Waals surface area (Å²) in [6.45, 7) is 8.21. The predicted octanol–water partition coefficient (Wildman–Crippen LogP) is 5.77. The highest BCUT2D eigenvalue weighted by molar-refractivity contribution is 9.10. The SMILES string of the molecule is CCC(C)c1ccc(OCC(=O)Nc2cccc(OC(C)C)c2)c(Br)c1. The Morgan fingerprint density at radius 1 is 1.15 bits per heavy atom. The number of hydrogen-bond acceptors (Lipinski definition) is 3. The molecular weight excluding hydrogens is 394 g/mol. The summed E-state index contributed by atoms with van der Waals surface area (Å²) in [5, 5.41) is 2.82. The van der Waals surface area contributed by atoms with E-state index in [1.165, 1.54) is 5.56 Å². The van der Waals surface area contributed by atoms with Gasteiger partial charge in [0, 0.05) is 11.8 Å². The van der Waals surface area contributed by atoms with Crippen LogP contribution in [0.3, 0.4) is 0 Å². The number of benzene rings is 2. The topological polar surface area (TPSA) is 47.6 Å². The highest BCUT2D eigenvalue weighted by atomic mass is 79.9. The number of amides is 1. The molecule has 0 saturated carbocycles. The van der Waals surface area contributed by atoms with Crippen LogP contribution in [-0.4, -0.2) is 18.6 Å². The van der Waals surface area contributed by atoms with E-state index in [1.807, 2.05) is 50.2 Å². The molecule has 1 amide bonds. The summed E-state index contributed by atoms with van der Waals surface area (Å²) in [4.78, 5) is 12.2. The van der Waals surface area contributed by atoms with E-state index in [9.17, 15) is 4.79 Å². The van der Waals surface area contributed by atoms with Gasteiger partial charge in [0.2, 0.25) is 0 Å². The van der Waals surface area contributed by atoms with E-state index in [0.717, 1.165) is 16.6 Å². The first-order chi connectivity index (χ1) is 12.4. The fourth-order valence-electron chi connectivity index (χ4n) is 2.44. The second kappa shape index (κ2) is 9.62. The van der Waals surface area contributed by atoms with Gasteiger partial charge >= 0.3 is 0 Å². The highest BCUT2D eigenvalue weighted by Crippen LogP contribution is 2.30. The van der Waals surface area contributed by atoms with Crippen LogP contribution in [0.15, 0.2) is 46.9 Å². The molecule has 2 aromatic rings. The van der Waals surface area contributed by atoms with Gasteiger partial charge in [-0.3, -0.25) is 4.79 Å². The molecule has 140 valence electrons. The summed E-state index contributed by atoms with van der Waals surface area (Å²) in [6.07, 6.45) is 1.16. The Bertz CT molecular complexity index is 746. The molecule has 2 rings (SSSR count). The number of hydrogen-bond donors (Lipinski definition) is 1. The maximum absolute atomic E-state index is 12.2. The molecule has 0 saturated heterocycles. The minimum Gasteiger partial charge on any atom is -0.491 e. The molecule has 0 aromatic heterocycles. The van der Waals surface area contributed by atoms with Crippen molar-refractivity contribution < 1.29 is 14.3 Å². The summed E-state index contributed by atoms with van der Waals surface area (Å²) < 4.78 is 12.1. The Morgan fingerprint density at radius 2 is 1.92 bits per heavy atom. The van der Waals surface area contributed by atoms with Crippen LogP contribution in [0.5, 0.6) is 11.5 Å². The fourth-order valence-corrected chi connectivity index (χ4v) is 2.95. The highest BCUT2D eigenvalue weighted by Gasteiger charge is 2.10. The van der Waals surface area contributed by atoms with Crippen LogP contribution in [0, 0.1) is 0 Å². The van der Waals surface area contributed by atoms with Gasteiger partial charge in [0.15, 0.2) is 6.61 Å². The van der Waals surface area contributed by atoms with E-state index in [2.05, 4.69) is 35.1 Å². The van der Waals surface area contributed by atoms with Gasteiger partial charge in [-0.15, -0.1) is 0 Å². The summed E-state index contributed by atoms with van der Waals surface area (Å²) in [5.41, 5.74) is 1.93. The van der Waals surface area contributed by atoms with Gasteiger partial charge < -0.3 is 14.8 Å². The van der Waals surface area contributed by atoms with E-state index in [1.54, 1.807) is 6.07 Å². The molecule has 0 radical (unpaired) electrons. The molecule has 0 bridgehead atoms. The second-order valence-corrected chi connectivity index (χ2v) is 7.38. The van der Waals surface area contributed by atoms with Crippen LogP contribution in [0.2, 0.25) is 0 Å². The zero-order chi connectivity index (χ0) is 19.1. The molecule has 0 aliphatic carbocycles. The predicted molar refractivity (Wildman–Crippen MR) is 109 cm³/mol. The van der Waals surface area contributed by atoms with Gasteiger partial charge in [0.1, 0.15) is 11.5 Å². The number of carbonyl (C=O) groups is 1. The quantitative estimate of drug-likeness (QED) is 0.590. The van der Waals surface area contributed by atoms with E-state index in [4.69, 9.17) is 9.47 Å². The molecule has 1 N–H and O–H groups in total. The van der Waals surface area contributed by atoms with Gasteiger partial charge in [-0.05, 0) is 71.9 Å². The van der Waals surface area contributed by atoms with E-state index in [-0.39, 0.29) is 18.6 Å². The number of carbonyl (C=O) groups excluding carboxylic acids is 1. The van der Waals surface area contributed by atoms with Crippen LogP contribution in [-0.2, 0) is 4.79 Å². The van der Waals surface area contributed by atoms with Crippen molar-refractivity contribution in [1.29, 1.82) is 0 Å². The van der Waals surface area contributed by atoms with Crippen molar-refractivity contribution >= 4 is 27.5 Å². The van der Waals surface area contributed by atoms with Crippen LogP contribution >= 0.6 is 15.9 Å². The first-order valence-corrected chi connectivity index (χ1v) is 9.67. The van der Waals surface area contributed by atoms with E-state index >= 15 is 0 Å². The van der Waals surface area contributed by atoms with Crippen molar-refractivity contribution in [1.82, 2.24) is 0 Å².